The Morgan fingerprint density at radius 3 is 2.65 bits per heavy atom. The predicted octanol–water partition coefficient (Wildman–Crippen LogP) is 3.05. The molecule has 2 unspecified atom stereocenters. The zero-order valence-electron chi connectivity index (χ0n) is 17.3. The number of imide groups is 1. The highest BCUT2D eigenvalue weighted by Gasteiger charge is 2.54. The van der Waals surface area contributed by atoms with Crippen LogP contribution in [-0.2, 0) is 11.2 Å². The molecule has 2 aromatic carbocycles. The molecule has 3 aliphatic rings. The number of guanidine groups is 1. The van der Waals surface area contributed by atoms with Crippen LogP contribution in [0.5, 0.6) is 0 Å². The van der Waals surface area contributed by atoms with Crippen LogP contribution >= 0.6 is 11.6 Å². The van der Waals surface area contributed by atoms with Crippen molar-refractivity contribution in [3.8, 4) is 0 Å². The number of rotatable bonds is 5. The Balaban J connectivity index is 1.33. The molecule has 0 aliphatic carbocycles. The van der Waals surface area contributed by atoms with Gasteiger partial charge in [-0.25, -0.2) is 9.79 Å². The summed E-state index contributed by atoms with van der Waals surface area (Å²) in [6.07, 6.45) is 1.06. The zero-order valence-corrected chi connectivity index (χ0v) is 18.1. The summed E-state index contributed by atoms with van der Waals surface area (Å²) < 4.78 is 0. The van der Waals surface area contributed by atoms with Gasteiger partial charge in [-0.1, -0.05) is 48.0 Å². The van der Waals surface area contributed by atoms with Crippen LogP contribution in [0.1, 0.15) is 12.0 Å². The minimum atomic E-state index is -0.498. The lowest BCUT2D eigenvalue weighted by Gasteiger charge is -2.40. The molecule has 2 saturated heterocycles. The molecule has 7 nitrogen and oxygen atoms in total. The van der Waals surface area contributed by atoms with Crippen molar-refractivity contribution in [1.29, 1.82) is 0 Å². The van der Waals surface area contributed by atoms with Crippen molar-refractivity contribution in [2.45, 2.75) is 25.0 Å². The summed E-state index contributed by atoms with van der Waals surface area (Å²) in [7, 11) is 1.73. The van der Waals surface area contributed by atoms with Gasteiger partial charge in [0.2, 0.25) is 5.96 Å². The number of amides is 3. The number of urea groups is 1. The maximum Gasteiger partial charge on any atom is 0.328 e. The number of likely N-dealkylation sites (N-methyl/N-ethyl adjacent to an activating group) is 1. The number of hydrogen-bond acceptors (Lipinski definition) is 5. The first-order chi connectivity index (χ1) is 15.0. The Bertz CT molecular complexity index is 1040. The third-order valence-electron chi connectivity index (χ3n) is 6.19. The lowest BCUT2D eigenvalue weighted by atomic mass is 10.1. The van der Waals surface area contributed by atoms with E-state index < -0.39 is 12.2 Å². The maximum atomic E-state index is 13.4. The van der Waals surface area contributed by atoms with Crippen molar-refractivity contribution in [2.24, 2.45) is 4.99 Å². The van der Waals surface area contributed by atoms with E-state index in [1.165, 1.54) is 10.5 Å². The third kappa shape index (κ3) is 3.43. The molecule has 2 aromatic rings. The van der Waals surface area contributed by atoms with E-state index in [1.54, 1.807) is 11.9 Å². The number of halogens is 1. The molecule has 3 amide bonds. The van der Waals surface area contributed by atoms with Gasteiger partial charge in [0, 0.05) is 37.4 Å². The number of anilines is 1. The number of aryl methyl sites for hydroxylation is 1. The van der Waals surface area contributed by atoms with Crippen LogP contribution in [0.2, 0.25) is 5.02 Å². The number of fused-ring (bicyclic) bond motifs is 3. The number of benzene rings is 2. The van der Waals surface area contributed by atoms with Crippen LogP contribution in [0, 0.1) is 0 Å². The summed E-state index contributed by atoms with van der Waals surface area (Å²) in [5.41, 5.74) is 2.14. The van der Waals surface area contributed by atoms with Crippen molar-refractivity contribution < 1.29 is 9.59 Å². The summed E-state index contributed by atoms with van der Waals surface area (Å²) >= 11 is 6.17. The van der Waals surface area contributed by atoms with Crippen LogP contribution < -0.4 is 4.90 Å². The lowest BCUT2D eigenvalue weighted by Crippen LogP contribution is -2.64. The molecule has 3 heterocycles. The highest BCUT2D eigenvalue weighted by atomic mass is 35.5. The molecule has 5 rings (SSSR count). The smallest absolute Gasteiger partial charge is 0.325 e. The second kappa shape index (κ2) is 7.89. The predicted molar refractivity (Wildman–Crippen MR) is 120 cm³/mol. The molecule has 0 radical (unpaired) electrons. The first kappa shape index (κ1) is 19.9. The molecule has 8 heteroatoms. The molecule has 3 aliphatic heterocycles. The highest BCUT2D eigenvalue weighted by Crippen LogP contribution is 2.34. The standard InChI is InChI=1S/C23H24ClN5O2/c1-26-20-19(21(30)29(23(26)31)12-6-9-16-7-3-2-4-8-16)28-14-13-27(22(28)25-20)18-11-5-10-17(24)15-18/h2-5,7-8,10-11,15,19-20H,6,9,12-14H2,1H3. The van der Waals surface area contributed by atoms with E-state index in [4.69, 9.17) is 16.6 Å². The normalized spacial score (nSPS) is 22.7. The summed E-state index contributed by atoms with van der Waals surface area (Å²) in [4.78, 5) is 38.2. The van der Waals surface area contributed by atoms with Gasteiger partial charge in [0.25, 0.3) is 5.91 Å². The lowest BCUT2D eigenvalue weighted by molar-refractivity contribution is -0.137. The van der Waals surface area contributed by atoms with Crippen molar-refractivity contribution in [2.75, 3.05) is 31.6 Å². The van der Waals surface area contributed by atoms with Gasteiger partial charge in [-0.2, -0.15) is 0 Å². The molecule has 160 valence electrons. The molecule has 0 saturated carbocycles. The van der Waals surface area contributed by atoms with E-state index in [2.05, 4.69) is 17.0 Å². The molecule has 31 heavy (non-hydrogen) atoms. The number of carbonyl (C=O) groups excluding carboxylic acids is 2. The van der Waals surface area contributed by atoms with Crippen LogP contribution in [0.25, 0.3) is 0 Å². The van der Waals surface area contributed by atoms with E-state index >= 15 is 0 Å². The largest absolute Gasteiger partial charge is 0.328 e. The number of hydrogen-bond donors (Lipinski definition) is 0. The van der Waals surface area contributed by atoms with Crippen LogP contribution in [0.4, 0.5) is 10.5 Å². The van der Waals surface area contributed by atoms with Crippen molar-refractivity contribution >= 4 is 35.2 Å². The van der Waals surface area contributed by atoms with Gasteiger partial charge in [0.15, 0.2) is 12.2 Å². The van der Waals surface area contributed by atoms with Gasteiger partial charge in [-0.3, -0.25) is 9.69 Å². The van der Waals surface area contributed by atoms with Gasteiger partial charge >= 0.3 is 6.03 Å². The van der Waals surface area contributed by atoms with E-state index in [0.29, 0.717) is 18.1 Å². The quantitative estimate of drug-likeness (QED) is 0.721. The van der Waals surface area contributed by atoms with Crippen LogP contribution in [-0.4, -0.2) is 71.5 Å². The SMILES string of the molecule is CN1C(=O)N(CCCc2ccccc2)C(=O)C2C1N=C1N(c3cccc(Cl)c3)CCN12. The Kier molecular flexibility index (Phi) is 5.06. The Morgan fingerprint density at radius 1 is 1.06 bits per heavy atom. The van der Waals surface area contributed by atoms with Crippen molar-refractivity contribution in [1.82, 2.24) is 14.7 Å². The first-order valence-corrected chi connectivity index (χ1v) is 10.9. The average molecular weight is 438 g/mol. The summed E-state index contributed by atoms with van der Waals surface area (Å²) in [5, 5.41) is 0.653. The second-order valence-corrected chi connectivity index (χ2v) is 8.52. The summed E-state index contributed by atoms with van der Waals surface area (Å²) in [6, 6.07) is 17.0. The van der Waals surface area contributed by atoms with E-state index in [0.717, 1.165) is 31.0 Å². The fourth-order valence-corrected chi connectivity index (χ4v) is 4.80. The number of carbonyl (C=O) groups is 2. The Morgan fingerprint density at radius 2 is 1.87 bits per heavy atom. The van der Waals surface area contributed by atoms with E-state index in [-0.39, 0.29) is 11.9 Å². The minimum absolute atomic E-state index is 0.159. The van der Waals surface area contributed by atoms with E-state index in [1.807, 2.05) is 47.4 Å². The highest BCUT2D eigenvalue weighted by molar-refractivity contribution is 6.31. The molecular weight excluding hydrogens is 414 g/mol. The topological polar surface area (TPSA) is 59.5 Å². The van der Waals surface area contributed by atoms with Gasteiger partial charge in [0.1, 0.15) is 0 Å². The molecule has 2 fully saturated rings. The average Bonchev–Trinajstić information content (AvgIpc) is 3.35. The van der Waals surface area contributed by atoms with Gasteiger partial charge < -0.3 is 14.7 Å². The van der Waals surface area contributed by atoms with Crippen LogP contribution in [0.3, 0.4) is 0 Å². The minimum Gasteiger partial charge on any atom is -0.325 e. The van der Waals surface area contributed by atoms with Crippen molar-refractivity contribution in [3.05, 3.63) is 65.2 Å². The number of nitrogens with zero attached hydrogens (tertiary/aromatic N) is 5. The molecule has 2 atom stereocenters. The maximum absolute atomic E-state index is 13.4. The molecular formula is C23H24ClN5O2. The summed E-state index contributed by atoms with van der Waals surface area (Å²) in [6.45, 7) is 1.81. The van der Waals surface area contributed by atoms with Gasteiger partial charge in [-0.05, 0) is 36.6 Å². The fourth-order valence-electron chi connectivity index (χ4n) is 4.62. The molecule has 0 bridgehead atoms. The van der Waals surface area contributed by atoms with Gasteiger partial charge in [-0.15, -0.1) is 0 Å². The molecule has 0 spiro atoms. The number of aliphatic imine (C=N–C) groups is 1. The van der Waals surface area contributed by atoms with Gasteiger partial charge in [0.05, 0.1) is 0 Å². The first-order valence-electron chi connectivity index (χ1n) is 10.5. The second-order valence-electron chi connectivity index (χ2n) is 8.08. The molecule has 0 aromatic heterocycles. The third-order valence-corrected chi connectivity index (χ3v) is 6.42. The van der Waals surface area contributed by atoms with Crippen LogP contribution in [0.15, 0.2) is 59.6 Å². The van der Waals surface area contributed by atoms with Crippen molar-refractivity contribution in [3.63, 3.8) is 0 Å². The summed E-state index contributed by atoms with van der Waals surface area (Å²) in [5.74, 6) is 0.573. The molecule has 0 N–H and O–H groups in total. The monoisotopic (exact) mass is 437 g/mol. The zero-order chi connectivity index (χ0) is 21.5. The fraction of sp³-hybridized carbons (Fsp3) is 0.348. The van der Waals surface area contributed by atoms with E-state index in [9.17, 15) is 9.59 Å². The Labute approximate surface area is 186 Å². The Hall–Kier alpha value is -3.06.